The maximum absolute atomic E-state index is 7.85. The summed E-state index contributed by atoms with van der Waals surface area (Å²) < 4.78 is 0. The Kier molecular flexibility index (Phi) is 17.2. The van der Waals surface area contributed by atoms with E-state index in [0.717, 1.165) is 0 Å². The van der Waals surface area contributed by atoms with Crippen LogP contribution in [0, 0.1) is 0 Å². The predicted octanol–water partition coefficient (Wildman–Crippen LogP) is 1.52. The minimum Gasteiger partial charge on any atom is -0.405 e. The largest absolute Gasteiger partial charge is 0.405 e. The molecule has 0 saturated heterocycles. The Morgan fingerprint density at radius 2 is 1.33 bits per heavy atom. The van der Waals surface area contributed by atoms with Gasteiger partial charge in [-0.3, -0.25) is 0 Å². The Morgan fingerprint density at radius 1 is 1.11 bits per heavy atom. The Hall–Kier alpha value is 1.28. The standard InChI is InChI=1S/C2H6BO2.Cl3P/c4-1-3-2-5;1-4(2)3/h4-5H,1-2H2;. The average molecular weight is 210 g/mol. The van der Waals surface area contributed by atoms with Crippen molar-refractivity contribution in [1.29, 1.82) is 0 Å². The van der Waals surface area contributed by atoms with E-state index in [0.29, 0.717) is 0 Å². The van der Waals surface area contributed by atoms with Gasteiger partial charge in [0.2, 0.25) is 0 Å². The third kappa shape index (κ3) is 45.7. The molecular formula is C2H6BCl3O2P. The molecule has 0 fully saturated rings. The molecule has 7 heteroatoms. The van der Waals surface area contributed by atoms with Gasteiger partial charge in [-0.25, -0.2) is 0 Å². The molecule has 1 radical (unpaired) electrons. The van der Waals surface area contributed by atoms with Gasteiger partial charge in [-0.05, 0) is 0 Å². The van der Waals surface area contributed by atoms with Crippen LogP contribution in [-0.4, -0.2) is 30.5 Å². The lowest BCUT2D eigenvalue weighted by Gasteiger charge is -1.76. The van der Waals surface area contributed by atoms with Crippen molar-refractivity contribution in [2.75, 3.05) is 13.0 Å². The van der Waals surface area contributed by atoms with Crippen molar-refractivity contribution in [3.8, 4) is 0 Å². The molecule has 0 bridgehead atoms. The highest BCUT2D eigenvalue weighted by Crippen LogP contribution is 2.51. The summed E-state index contributed by atoms with van der Waals surface area (Å²) in [5.41, 5.74) is 0. The zero-order valence-corrected chi connectivity index (χ0v) is 7.63. The molecule has 0 aliphatic carbocycles. The Bertz CT molecular complexity index is 44.0. The molecule has 0 amide bonds. The minimum atomic E-state index is -1.20. The second-order valence-electron chi connectivity index (χ2n) is 0.845. The number of hydrogen-bond donors (Lipinski definition) is 2. The van der Waals surface area contributed by atoms with Gasteiger partial charge in [-0.1, -0.05) is 33.7 Å². The highest BCUT2D eigenvalue weighted by Gasteiger charge is 1.80. The molecule has 2 N–H and O–H groups in total. The zero-order chi connectivity index (χ0) is 7.70. The van der Waals surface area contributed by atoms with E-state index < -0.39 is 5.98 Å². The van der Waals surface area contributed by atoms with Crippen molar-refractivity contribution >= 4 is 47.0 Å². The number of aliphatic hydroxyl groups excluding tert-OH is 2. The molecule has 0 unspecified atom stereocenters. The smallest absolute Gasteiger partial charge is 0.179 e. The highest BCUT2D eigenvalue weighted by atomic mass is 36.0. The lowest BCUT2D eigenvalue weighted by Crippen LogP contribution is -2.01. The number of halogens is 3. The molecule has 0 atom stereocenters. The molecule has 0 aromatic carbocycles. The summed E-state index contributed by atoms with van der Waals surface area (Å²) in [7, 11) is 1.36. The molecule has 0 aliphatic heterocycles. The van der Waals surface area contributed by atoms with E-state index in [2.05, 4.69) is 0 Å². The van der Waals surface area contributed by atoms with Gasteiger partial charge in [0.1, 0.15) is 0 Å². The van der Waals surface area contributed by atoms with Gasteiger partial charge in [0.25, 0.3) is 0 Å². The third-order valence-corrected chi connectivity index (χ3v) is 0.258. The second kappa shape index (κ2) is 12.0. The minimum absolute atomic E-state index is 0.0312. The van der Waals surface area contributed by atoms with E-state index in [9.17, 15) is 0 Å². The first-order chi connectivity index (χ1) is 4.15. The van der Waals surface area contributed by atoms with Crippen molar-refractivity contribution in [2.45, 2.75) is 0 Å². The SMILES string of the molecule is ClP(Cl)Cl.OC[B]CO. The Morgan fingerprint density at radius 3 is 1.33 bits per heavy atom. The molecule has 0 rings (SSSR count). The van der Waals surface area contributed by atoms with Crippen LogP contribution in [-0.2, 0) is 0 Å². The van der Waals surface area contributed by atoms with Crippen LogP contribution >= 0.6 is 39.7 Å². The summed E-state index contributed by atoms with van der Waals surface area (Å²) in [6, 6.07) is 0. The topological polar surface area (TPSA) is 40.5 Å². The van der Waals surface area contributed by atoms with Crippen LogP contribution in [0.25, 0.3) is 0 Å². The van der Waals surface area contributed by atoms with Gasteiger partial charge in [0, 0.05) is 13.0 Å². The molecule has 0 aromatic heterocycles. The Labute approximate surface area is 70.5 Å². The van der Waals surface area contributed by atoms with Crippen molar-refractivity contribution in [1.82, 2.24) is 0 Å². The van der Waals surface area contributed by atoms with Crippen LogP contribution in [0.5, 0.6) is 0 Å². The lowest BCUT2D eigenvalue weighted by atomic mass is 9.82. The molecule has 0 heterocycles. The van der Waals surface area contributed by atoms with Crippen LogP contribution in [0.4, 0.5) is 0 Å². The molecule has 0 aromatic rings. The van der Waals surface area contributed by atoms with Crippen molar-refractivity contribution in [2.24, 2.45) is 0 Å². The highest BCUT2D eigenvalue weighted by molar-refractivity contribution is 8.20. The van der Waals surface area contributed by atoms with Crippen LogP contribution in [0.3, 0.4) is 0 Å². The maximum Gasteiger partial charge on any atom is 0.179 e. The summed E-state index contributed by atoms with van der Waals surface area (Å²) in [6.07, 6.45) is 0. The average Bonchev–Trinajstić information content (AvgIpc) is 1.66. The number of aliphatic hydroxyl groups is 2. The summed E-state index contributed by atoms with van der Waals surface area (Å²) in [6.45, 7) is -0.0625. The monoisotopic (exact) mass is 209 g/mol. The van der Waals surface area contributed by atoms with E-state index in [1.807, 2.05) is 0 Å². The van der Waals surface area contributed by atoms with E-state index in [1.54, 1.807) is 0 Å². The number of hydrogen-bond acceptors (Lipinski definition) is 2. The molecule has 0 saturated carbocycles. The van der Waals surface area contributed by atoms with Gasteiger partial charge < -0.3 is 10.2 Å². The molecule has 0 aliphatic rings. The van der Waals surface area contributed by atoms with Crippen LogP contribution in [0.1, 0.15) is 0 Å². The summed E-state index contributed by atoms with van der Waals surface area (Å²) in [4.78, 5) is 0. The quantitative estimate of drug-likeness (QED) is 0.536. The van der Waals surface area contributed by atoms with E-state index in [4.69, 9.17) is 43.9 Å². The molecule has 2 nitrogen and oxygen atoms in total. The third-order valence-electron chi connectivity index (χ3n) is 0.258. The van der Waals surface area contributed by atoms with Crippen LogP contribution < -0.4 is 0 Å². The fraction of sp³-hybridized carbons (Fsp3) is 1.00. The van der Waals surface area contributed by atoms with Gasteiger partial charge in [0.15, 0.2) is 13.3 Å². The number of rotatable bonds is 2. The second-order valence-corrected chi connectivity index (χ2v) is 5.83. The van der Waals surface area contributed by atoms with Crippen LogP contribution in [0.15, 0.2) is 0 Å². The lowest BCUT2D eigenvalue weighted by molar-refractivity contribution is 0.336. The van der Waals surface area contributed by atoms with E-state index >= 15 is 0 Å². The summed E-state index contributed by atoms with van der Waals surface area (Å²) in [5, 5.41) is 15.7. The van der Waals surface area contributed by atoms with Crippen molar-refractivity contribution in [3.05, 3.63) is 0 Å². The molecule has 9 heavy (non-hydrogen) atoms. The van der Waals surface area contributed by atoms with E-state index in [1.165, 1.54) is 7.28 Å². The van der Waals surface area contributed by atoms with E-state index in [-0.39, 0.29) is 13.0 Å². The fourth-order valence-electron chi connectivity index (χ4n) is 0.0577. The molecule has 0 spiro atoms. The van der Waals surface area contributed by atoms with Crippen molar-refractivity contribution in [3.63, 3.8) is 0 Å². The van der Waals surface area contributed by atoms with Crippen LogP contribution in [0.2, 0.25) is 0 Å². The maximum atomic E-state index is 7.85. The van der Waals surface area contributed by atoms with Gasteiger partial charge >= 0.3 is 0 Å². The summed E-state index contributed by atoms with van der Waals surface area (Å²) >= 11 is 14.6. The van der Waals surface area contributed by atoms with Gasteiger partial charge in [-0.15, -0.1) is 0 Å². The first-order valence-electron chi connectivity index (χ1n) is 1.96. The Balaban J connectivity index is 0. The first-order valence-corrected chi connectivity index (χ1v) is 6.01. The summed E-state index contributed by atoms with van der Waals surface area (Å²) in [5.74, 6) is -1.20. The van der Waals surface area contributed by atoms with Gasteiger partial charge in [0.05, 0.1) is 0 Å². The van der Waals surface area contributed by atoms with Gasteiger partial charge in [-0.2, -0.15) is 0 Å². The van der Waals surface area contributed by atoms with Crippen molar-refractivity contribution < 1.29 is 10.2 Å². The fourth-order valence-corrected chi connectivity index (χ4v) is 0.0577. The zero-order valence-electron chi connectivity index (χ0n) is 4.47. The molecular weight excluding hydrogens is 204 g/mol. The first kappa shape index (κ1) is 12.9. The normalized spacial score (nSPS) is 8.22. The predicted molar refractivity (Wildman–Crippen MR) is 44.4 cm³/mol. The molecule has 55 valence electrons.